The van der Waals surface area contributed by atoms with Crippen LogP contribution in [0.15, 0.2) is 23.1 Å². The molecule has 0 spiro atoms. The Labute approximate surface area is 116 Å². The van der Waals surface area contributed by atoms with E-state index < -0.39 is 27.3 Å². The third-order valence-electron chi connectivity index (χ3n) is 3.26. The molecule has 0 aliphatic carbocycles. The lowest BCUT2D eigenvalue weighted by Crippen LogP contribution is -2.45. The van der Waals surface area contributed by atoms with Gasteiger partial charge in [0, 0.05) is 19.1 Å². The highest BCUT2D eigenvalue weighted by Crippen LogP contribution is 2.25. The molecule has 1 heterocycles. The summed E-state index contributed by atoms with van der Waals surface area (Å²) >= 11 is 0. The van der Waals surface area contributed by atoms with E-state index in [-0.39, 0.29) is 17.5 Å². The molecule has 20 heavy (non-hydrogen) atoms. The molecule has 8 heteroatoms. The number of hydrogen-bond donors (Lipinski definition) is 3. The number of hydrogen-bond acceptors (Lipinski definition) is 5. The van der Waals surface area contributed by atoms with Crippen LogP contribution in [0, 0.1) is 0 Å². The third kappa shape index (κ3) is 2.77. The van der Waals surface area contributed by atoms with Crippen molar-refractivity contribution in [3.63, 3.8) is 0 Å². The van der Waals surface area contributed by atoms with E-state index in [1.807, 2.05) is 0 Å². The number of carboxylic acids is 1. The van der Waals surface area contributed by atoms with Gasteiger partial charge in [-0.3, -0.25) is 0 Å². The Kier molecular flexibility index (Phi) is 3.98. The van der Waals surface area contributed by atoms with Crippen LogP contribution >= 0.6 is 0 Å². The standard InChI is InChI=1S/C12H16N2O5S/c13-8-2-1-5-14(7-8)20(18,19)9-3-4-11(15)10(6-9)12(16)17/h3-4,6,8,15H,1-2,5,7,13H2,(H,16,17). The summed E-state index contributed by atoms with van der Waals surface area (Å²) in [6.07, 6.45) is 1.44. The van der Waals surface area contributed by atoms with E-state index in [2.05, 4.69) is 0 Å². The predicted molar refractivity (Wildman–Crippen MR) is 71.0 cm³/mol. The molecule has 1 aromatic carbocycles. The van der Waals surface area contributed by atoms with Crippen molar-refractivity contribution < 1.29 is 23.4 Å². The Morgan fingerprint density at radius 1 is 1.40 bits per heavy atom. The maximum Gasteiger partial charge on any atom is 0.339 e. The van der Waals surface area contributed by atoms with E-state index in [0.29, 0.717) is 13.0 Å². The van der Waals surface area contributed by atoms with Crippen LogP contribution in [-0.2, 0) is 10.0 Å². The maximum atomic E-state index is 12.4. The second-order valence-corrected chi connectivity index (χ2v) is 6.69. The summed E-state index contributed by atoms with van der Waals surface area (Å²) in [6.45, 7) is 0.574. The molecule has 1 saturated heterocycles. The number of nitrogens with two attached hydrogens (primary N) is 1. The zero-order chi connectivity index (χ0) is 14.9. The fourth-order valence-corrected chi connectivity index (χ4v) is 3.75. The van der Waals surface area contributed by atoms with Gasteiger partial charge in [0.1, 0.15) is 11.3 Å². The first kappa shape index (κ1) is 14.8. The number of nitrogens with zero attached hydrogens (tertiary/aromatic N) is 1. The van der Waals surface area contributed by atoms with Crippen molar-refractivity contribution in [3.05, 3.63) is 23.8 Å². The highest BCUT2D eigenvalue weighted by molar-refractivity contribution is 7.89. The molecule has 0 radical (unpaired) electrons. The topological polar surface area (TPSA) is 121 Å². The van der Waals surface area contributed by atoms with Crippen molar-refractivity contribution in [1.29, 1.82) is 0 Å². The van der Waals surface area contributed by atoms with E-state index in [0.717, 1.165) is 18.6 Å². The zero-order valence-corrected chi connectivity index (χ0v) is 11.5. The average molecular weight is 300 g/mol. The SMILES string of the molecule is NC1CCCN(S(=O)(=O)c2ccc(O)c(C(=O)O)c2)C1. The van der Waals surface area contributed by atoms with Crippen LogP contribution in [0.3, 0.4) is 0 Å². The van der Waals surface area contributed by atoms with E-state index in [1.54, 1.807) is 0 Å². The van der Waals surface area contributed by atoms with Crippen LogP contribution in [0.4, 0.5) is 0 Å². The van der Waals surface area contributed by atoms with E-state index in [4.69, 9.17) is 10.8 Å². The lowest BCUT2D eigenvalue weighted by molar-refractivity contribution is 0.0693. The van der Waals surface area contributed by atoms with Gasteiger partial charge in [-0.25, -0.2) is 13.2 Å². The molecule has 1 aliphatic rings. The number of sulfonamides is 1. The Bertz CT molecular complexity index is 629. The highest BCUT2D eigenvalue weighted by atomic mass is 32.2. The number of aromatic hydroxyl groups is 1. The van der Waals surface area contributed by atoms with Crippen molar-refractivity contribution in [3.8, 4) is 5.75 Å². The third-order valence-corrected chi connectivity index (χ3v) is 5.12. The summed E-state index contributed by atoms with van der Waals surface area (Å²) in [5.41, 5.74) is 5.32. The first-order valence-corrected chi connectivity index (χ1v) is 7.58. The molecule has 1 unspecified atom stereocenters. The summed E-state index contributed by atoms with van der Waals surface area (Å²) in [5, 5.41) is 18.3. The minimum absolute atomic E-state index is 0.151. The van der Waals surface area contributed by atoms with Gasteiger partial charge in [-0.05, 0) is 31.0 Å². The number of phenols is 1. The molecule has 0 aromatic heterocycles. The van der Waals surface area contributed by atoms with Gasteiger partial charge in [0.25, 0.3) is 0 Å². The van der Waals surface area contributed by atoms with Gasteiger partial charge in [0.15, 0.2) is 0 Å². The normalized spacial score (nSPS) is 20.8. The number of benzene rings is 1. The van der Waals surface area contributed by atoms with E-state index in [9.17, 15) is 18.3 Å². The first-order valence-electron chi connectivity index (χ1n) is 6.14. The van der Waals surface area contributed by atoms with Gasteiger partial charge < -0.3 is 15.9 Å². The van der Waals surface area contributed by atoms with Crippen LogP contribution in [0.5, 0.6) is 5.75 Å². The summed E-state index contributed by atoms with van der Waals surface area (Å²) < 4.78 is 26.1. The Morgan fingerprint density at radius 2 is 2.10 bits per heavy atom. The highest BCUT2D eigenvalue weighted by Gasteiger charge is 2.29. The van der Waals surface area contributed by atoms with Crippen molar-refractivity contribution in [2.24, 2.45) is 5.73 Å². The summed E-state index contributed by atoms with van der Waals surface area (Å²) in [5.74, 6) is -1.85. The molecule has 1 fully saturated rings. The Hall–Kier alpha value is -1.64. The fraction of sp³-hybridized carbons (Fsp3) is 0.417. The molecule has 4 N–H and O–H groups in total. The molecule has 0 amide bonds. The van der Waals surface area contributed by atoms with Crippen LogP contribution in [0.2, 0.25) is 0 Å². The summed E-state index contributed by atoms with van der Waals surface area (Å²) in [7, 11) is -3.79. The van der Waals surface area contributed by atoms with Crippen LogP contribution in [0.25, 0.3) is 0 Å². The number of rotatable bonds is 3. The van der Waals surface area contributed by atoms with Crippen LogP contribution in [-0.4, -0.2) is 48.0 Å². The predicted octanol–water partition coefficient (Wildman–Crippen LogP) is 0.202. The molecule has 1 aromatic rings. The van der Waals surface area contributed by atoms with Crippen LogP contribution in [0.1, 0.15) is 23.2 Å². The summed E-state index contributed by atoms with van der Waals surface area (Å²) in [6, 6.07) is 3.01. The fourth-order valence-electron chi connectivity index (χ4n) is 2.19. The van der Waals surface area contributed by atoms with E-state index >= 15 is 0 Å². The van der Waals surface area contributed by atoms with Gasteiger partial charge in [-0.2, -0.15) is 4.31 Å². The lowest BCUT2D eigenvalue weighted by atomic mass is 10.1. The van der Waals surface area contributed by atoms with Gasteiger partial charge in [0.05, 0.1) is 4.90 Å². The van der Waals surface area contributed by atoms with Gasteiger partial charge in [-0.1, -0.05) is 0 Å². The van der Waals surface area contributed by atoms with Crippen molar-refractivity contribution in [2.45, 2.75) is 23.8 Å². The maximum absolute atomic E-state index is 12.4. The smallest absolute Gasteiger partial charge is 0.339 e. The van der Waals surface area contributed by atoms with Crippen molar-refractivity contribution in [2.75, 3.05) is 13.1 Å². The number of carboxylic acid groups (broad SMARTS) is 1. The average Bonchev–Trinajstić information content (AvgIpc) is 2.38. The minimum atomic E-state index is -3.79. The Balaban J connectivity index is 2.39. The monoisotopic (exact) mass is 300 g/mol. The molecule has 7 nitrogen and oxygen atoms in total. The molecular weight excluding hydrogens is 284 g/mol. The molecule has 1 atom stereocenters. The van der Waals surface area contributed by atoms with Crippen molar-refractivity contribution in [1.82, 2.24) is 4.31 Å². The summed E-state index contributed by atoms with van der Waals surface area (Å²) in [4.78, 5) is 10.8. The van der Waals surface area contributed by atoms with Gasteiger partial charge in [-0.15, -0.1) is 0 Å². The second-order valence-electron chi connectivity index (χ2n) is 4.75. The van der Waals surface area contributed by atoms with E-state index in [1.165, 1.54) is 10.4 Å². The molecule has 1 aliphatic heterocycles. The molecule has 2 rings (SSSR count). The van der Waals surface area contributed by atoms with Gasteiger partial charge in [0.2, 0.25) is 10.0 Å². The Morgan fingerprint density at radius 3 is 2.70 bits per heavy atom. The zero-order valence-electron chi connectivity index (χ0n) is 10.7. The van der Waals surface area contributed by atoms with Crippen LogP contribution < -0.4 is 5.73 Å². The van der Waals surface area contributed by atoms with Crippen molar-refractivity contribution >= 4 is 16.0 Å². The second kappa shape index (κ2) is 5.39. The first-order chi connectivity index (χ1) is 9.32. The molecule has 110 valence electrons. The van der Waals surface area contributed by atoms with Gasteiger partial charge >= 0.3 is 5.97 Å². The number of carbonyl (C=O) groups is 1. The largest absolute Gasteiger partial charge is 0.507 e. The minimum Gasteiger partial charge on any atom is -0.507 e. The molecule has 0 bridgehead atoms. The number of aromatic carboxylic acids is 1. The molecular formula is C12H16N2O5S. The molecule has 0 saturated carbocycles. The quantitative estimate of drug-likeness (QED) is 0.733. The number of piperidine rings is 1. The lowest BCUT2D eigenvalue weighted by Gasteiger charge is -2.29.